The number of benzene rings is 21. The molecule has 0 atom stereocenters. The molecule has 0 aliphatic carbocycles. The van der Waals surface area contributed by atoms with Crippen molar-refractivity contribution in [2.75, 3.05) is 0 Å². The van der Waals surface area contributed by atoms with Gasteiger partial charge in [0.15, 0.2) is 52.4 Å². The van der Waals surface area contributed by atoms with E-state index >= 15 is 0 Å². The lowest BCUT2D eigenvalue weighted by Crippen LogP contribution is -2.00. The lowest BCUT2D eigenvalue weighted by molar-refractivity contribution is 1.07. The minimum atomic E-state index is 0.642. The van der Waals surface area contributed by atoms with Crippen molar-refractivity contribution in [3.63, 3.8) is 0 Å². The van der Waals surface area contributed by atoms with Crippen LogP contribution in [0.15, 0.2) is 485 Å². The molecule has 0 unspecified atom stereocenters. The molecule has 0 radical (unpaired) electrons. The number of hydrogen-bond acceptors (Lipinski definition) is 9. The molecule has 640 valence electrons. The van der Waals surface area contributed by atoms with Gasteiger partial charge in [-0.05, 0) is 169 Å². The molecular formula is C125H80N12. The van der Waals surface area contributed by atoms with Crippen LogP contribution in [0.25, 0.3) is 250 Å². The second kappa shape index (κ2) is 34.6. The third-order valence-corrected chi connectivity index (χ3v) is 26.1. The maximum absolute atomic E-state index is 4.94. The molecule has 27 rings (SSSR count). The Labute approximate surface area is 788 Å². The fourth-order valence-electron chi connectivity index (χ4n) is 19.5. The van der Waals surface area contributed by atoms with Crippen LogP contribution < -0.4 is 0 Å². The molecule has 0 fully saturated rings. The van der Waals surface area contributed by atoms with Crippen LogP contribution in [0.3, 0.4) is 0 Å². The lowest BCUT2D eigenvalue weighted by Gasteiger charge is -2.12. The Hall–Kier alpha value is -18.7. The Morgan fingerprint density at radius 3 is 0.708 bits per heavy atom. The lowest BCUT2D eigenvalue weighted by atomic mass is 10.0. The summed E-state index contributed by atoms with van der Waals surface area (Å²) in [6, 6.07) is 170. The van der Waals surface area contributed by atoms with E-state index in [4.69, 9.17) is 44.9 Å². The molecule has 0 aliphatic heterocycles. The Bertz CT molecular complexity index is 9060. The van der Waals surface area contributed by atoms with Crippen LogP contribution >= 0.6 is 0 Å². The van der Waals surface area contributed by atoms with Crippen LogP contribution in [0.2, 0.25) is 0 Å². The van der Waals surface area contributed by atoms with Crippen molar-refractivity contribution < 1.29 is 0 Å². The van der Waals surface area contributed by atoms with Crippen molar-refractivity contribution >= 4 is 119 Å². The van der Waals surface area contributed by atoms with Gasteiger partial charge in [-0.3, -0.25) is 0 Å². The highest BCUT2D eigenvalue weighted by atomic mass is 15.1. The molecule has 0 bridgehead atoms. The molecule has 0 saturated carbocycles. The molecule has 137 heavy (non-hydrogen) atoms. The fraction of sp³-hybridized carbons (Fsp3) is 0. The van der Waals surface area contributed by atoms with Crippen LogP contribution in [0.4, 0.5) is 0 Å². The number of hydrogen-bond donors (Lipinski definition) is 0. The highest BCUT2D eigenvalue weighted by molar-refractivity contribution is 6.27. The van der Waals surface area contributed by atoms with Crippen LogP contribution in [0.1, 0.15) is 0 Å². The van der Waals surface area contributed by atoms with Crippen LogP contribution in [-0.4, -0.2) is 58.6 Å². The molecule has 0 aliphatic rings. The van der Waals surface area contributed by atoms with Crippen molar-refractivity contribution in [2.24, 2.45) is 0 Å². The van der Waals surface area contributed by atoms with E-state index in [9.17, 15) is 0 Å². The van der Waals surface area contributed by atoms with Crippen molar-refractivity contribution in [2.45, 2.75) is 0 Å². The van der Waals surface area contributed by atoms with E-state index in [0.717, 1.165) is 67.1 Å². The first-order chi connectivity index (χ1) is 67.9. The third-order valence-electron chi connectivity index (χ3n) is 26.1. The first kappa shape index (κ1) is 80.4. The molecule has 6 heterocycles. The summed E-state index contributed by atoms with van der Waals surface area (Å²) in [5.74, 6) is 5.87. The normalized spacial score (nSPS) is 11.5. The third kappa shape index (κ3) is 14.9. The van der Waals surface area contributed by atoms with Gasteiger partial charge in [-0.1, -0.05) is 376 Å². The Morgan fingerprint density at radius 1 is 0.124 bits per heavy atom. The largest absolute Gasteiger partial charge is 0.309 e. The summed E-state index contributed by atoms with van der Waals surface area (Å²) in [6.45, 7) is 0. The Balaban J connectivity index is 0.000000109. The van der Waals surface area contributed by atoms with Gasteiger partial charge in [-0.15, -0.1) is 0 Å². The molecule has 12 nitrogen and oxygen atoms in total. The zero-order chi connectivity index (χ0) is 90.6. The van der Waals surface area contributed by atoms with Crippen molar-refractivity contribution in [3.05, 3.63) is 485 Å². The summed E-state index contributed by atoms with van der Waals surface area (Å²) in [6.07, 6.45) is 0. The second-order valence-corrected chi connectivity index (χ2v) is 34.3. The topological polar surface area (TPSA) is 131 Å². The van der Waals surface area contributed by atoms with Gasteiger partial charge < -0.3 is 13.7 Å². The average molecular weight is 1750 g/mol. The van der Waals surface area contributed by atoms with Gasteiger partial charge in [0.25, 0.3) is 0 Å². The van der Waals surface area contributed by atoms with E-state index in [-0.39, 0.29) is 0 Å². The van der Waals surface area contributed by atoms with E-state index in [0.29, 0.717) is 52.4 Å². The molecule has 0 saturated heterocycles. The standard InChI is InChI=1S/C43H28N4.2C41H26N4/c1-4-12-29(13-5-1)34-22-26-37-39(28-34)47(38-27-23-30-14-10-11-19-36(30)40(37)38)35-24-20-33(21-25-35)43-45-41(31-15-6-2-7-16-31)44-42(46-43)32-17-8-3-9-18-32;1-3-13-29(14-4-1)39-42-40(30-15-5-2-6-16-30)44-41(43-39)31-19-23-32(24-20-31)45-36-26-22-27-11-7-9-17-33(27)37(36)35-25-21-28-12-8-10-18-34(28)38(35)45;1-3-12-28(13-4-1)39-42-40(29-14-5-2-6-15-29)44-41(43-39)30-19-22-33(23-20-30)45-36-24-21-27-11-9-10-18-34(27)38(36)35-25-31-16-7-8-17-32(31)26-37(35)45/h1-28H;2*1-26H. The Morgan fingerprint density at radius 2 is 0.358 bits per heavy atom. The highest BCUT2D eigenvalue weighted by Gasteiger charge is 2.24. The maximum Gasteiger partial charge on any atom is 0.164 e. The van der Waals surface area contributed by atoms with Gasteiger partial charge in [-0.25, -0.2) is 44.9 Å². The molecular weight excluding hydrogens is 1670 g/mol. The first-order valence-corrected chi connectivity index (χ1v) is 46.0. The van der Waals surface area contributed by atoms with E-state index < -0.39 is 0 Å². The van der Waals surface area contributed by atoms with E-state index in [1.54, 1.807) is 0 Å². The predicted octanol–water partition coefficient (Wildman–Crippen LogP) is 31.3. The quantitative estimate of drug-likeness (QED) is 0.111. The monoisotopic (exact) mass is 1750 g/mol. The number of nitrogens with zero attached hydrogens (tertiary/aromatic N) is 12. The SMILES string of the molecule is c1ccc(-c2ccc3c4c5ccccc5ccc4n(-c4ccc(-c5nc(-c6ccccc6)nc(-c6ccccc6)n5)cc4)c3c2)cc1.c1ccc(-c2nc(-c3ccccc3)nc(-c3ccc(-n4c5cc6ccccc6cc5c5c6ccccc6ccc54)cc3)n2)cc1.c1ccc(-c2nc(-c3ccccc3)nc(-c3ccc(-n4c5ccc6ccccc6c5c5ccc6ccccc6c54)cc3)n2)cc1. The molecule has 27 aromatic rings. The maximum atomic E-state index is 4.94. The van der Waals surface area contributed by atoms with Gasteiger partial charge in [0.2, 0.25) is 0 Å². The minimum Gasteiger partial charge on any atom is -0.309 e. The van der Waals surface area contributed by atoms with Crippen molar-refractivity contribution in [3.8, 4) is 131 Å². The molecule has 6 aromatic heterocycles. The molecule has 0 amide bonds. The Kier molecular flexibility index (Phi) is 20.3. The summed E-state index contributed by atoms with van der Waals surface area (Å²) in [5.41, 5.74) is 21.3. The number of rotatable bonds is 13. The summed E-state index contributed by atoms with van der Waals surface area (Å²) in [7, 11) is 0. The smallest absolute Gasteiger partial charge is 0.164 e. The van der Waals surface area contributed by atoms with Crippen molar-refractivity contribution in [1.29, 1.82) is 0 Å². The fourth-order valence-corrected chi connectivity index (χ4v) is 19.5. The second-order valence-electron chi connectivity index (χ2n) is 34.3. The first-order valence-electron chi connectivity index (χ1n) is 46.0. The molecule has 21 aromatic carbocycles. The van der Waals surface area contributed by atoms with E-state index in [1.165, 1.54) is 130 Å². The van der Waals surface area contributed by atoms with Gasteiger partial charge in [-0.2, -0.15) is 0 Å². The summed E-state index contributed by atoms with van der Waals surface area (Å²) in [4.78, 5) is 44.2. The minimum absolute atomic E-state index is 0.642. The van der Waals surface area contributed by atoms with Gasteiger partial charge >= 0.3 is 0 Å². The highest BCUT2D eigenvalue weighted by Crippen LogP contribution is 2.45. The van der Waals surface area contributed by atoms with Gasteiger partial charge in [0.05, 0.1) is 33.1 Å². The van der Waals surface area contributed by atoms with Crippen molar-refractivity contribution in [1.82, 2.24) is 58.6 Å². The summed E-state index contributed by atoms with van der Waals surface area (Å²) in [5, 5.41) is 20.0. The zero-order valence-corrected chi connectivity index (χ0v) is 74.1. The summed E-state index contributed by atoms with van der Waals surface area (Å²) < 4.78 is 7.17. The average Bonchev–Trinajstić information content (AvgIpc) is 1.57. The molecule has 0 spiro atoms. The van der Waals surface area contributed by atoms with Crippen LogP contribution in [-0.2, 0) is 0 Å². The van der Waals surface area contributed by atoms with Gasteiger partial charge in [0.1, 0.15) is 0 Å². The van der Waals surface area contributed by atoms with Crippen LogP contribution in [0.5, 0.6) is 0 Å². The van der Waals surface area contributed by atoms with E-state index in [1.807, 2.05) is 182 Å². The van der Waals surface area contributed by atoms with Crippen LogP contribution in [0, 0.1) is 0 Å². The zero-order valence-electron chi connectivity index (χ0n) is 74.1. The number of fused-ring (bicyclic) bond motifs is 18. The number of aromatic nitrogens is 12. The molecule has 12 heteroatoms. The predicted molar refractivity (Wildman–Crippen MR) is 564 cm³/mol. The van der Waals surface area contributed by atoms with Gasteiger partial charge in [0, 0.05) is 105 Å². The summed E-state index contributed by atoms with van der Waals surface area (Å²) >= 11 is 0. The molecule has 0 N–H and O–H groups in total. The van der Waals surface area contributed by atoms with E-state index in [2.05, 4.69) is 317 Å².